The number of aliphatic hydroxyl groups is 2. The number of methoxy groups -OCH3 is 1. The molecule has 0 aliphatic rings. The molecule has 0 spiro atoms. The summed E-state index contributed by atoms with van der Waals surface area (Å²) in [6.07, 6.45) is 0.305. The molecule has 1 amide bonds. The molecule has 2 aromatic carbocycles. The van der Waals surface area contributed by atoms with Gasteiger partial charge in [-0.25, -0.2) is 0 Å². The van der Waals surface area contributed by atoms with Crippen molar-refractivity contribution < 1.29 is 19.7 Å². The van der Waals surface area contributed by atoms with Crippen molar-refractivity contribution in [2.45, 2.75) is 18.9 Å². The summed E-state index contributed by atoms with van der Waals surface area (Å²) in [5.41, 5.74) is 3.42. The highest BCUT2D eigenvalue weighted by molar-refractivity contribution is 5.98. The highest BCUT2D eigenvalue weighted by atomic mass is 16.5. The standard InChI is InChI=1S/C21H24N2O4/c1-27-18-8-6-14(7-9-18)15-4-5-16-12-20(23-19(16)11-15)21(26)22-13-17(25)3-2-10-24/h4-9,11-12,17,23-25H,2-3,10,13H2,1H3,(H,22,26). The third-order valence-electron chi connectivity index (χ3n) is 4.48. The molecule has 1 heterocycles. The summed E-state index contributed by atoms with van der Waals surface area (Å²) in [4.78, 5) is 15.4. The molecular formula is C21H24N2O4. The zero-order valence-electron chi connectivity index (χ0n) is 15.2. The van der Waals surface area contributed by atoms with Crippen molar-refractivity contribution in [2.24, 2.45) is 0 Å². The Morgan fingerprint density at radius 1 is 1.15 bits per heavy atom. The van der Waals surface area contributed by atoms with Gasteiger partial charge in [0.05, 0.1) is 13.2 Å². The number of nitrogens with one attached hydrogen (secondary N) is 2. The Balaban J connectivity index is 1.72. The van der Waals surface area contributed by atoms with E-state index < -0.39 is 6.10 Å². The number of ether oxygens (including phenoxy) is 1. The van der Waals surface area contributed by atoms with Crippen LogP contribution in [0.5, 0.6) is 5.75 Å². The van der Waals surface area contributed by atoms with Gasteiger partial charge < -0.3 is 25.3 Å². The molecule has 1 unspecified atom stereocenters. The average molecular weight is 368 g/mol. The van der Waals surface area contributed by atoms with Gasteiger partial charge in [0.15, 0.2) is 0 Å². The summed E-state index contributed by atoms with van der Waals surface area (Å²) in [5.74, 6) is 0.542. The van der Waals surface area contributed by atoms with Crippen LogP contribution in [0, 0.1) is 0 Å². The lowest BCUT2D eigenvalue weighted by Crippen LogP contribution is -2.32. The zero-order chi connectivity index (χ0) is 19.2. The quantitative estimate of drug-likeness (QED) is 0.492. The monoisotopic (exact) mass is 368 g/mol. The molecule has 3 aromatic rings. The number of amides is 1. The first-order chi connectivity index (χ1) is 13.1. The van der Waals surface area contributed by atoms with E-state index in [1.807, 2.05) is 42.5 Å². The molecule has 0 fully saturated rings. The maximum absolute atomic E-state index is 12.3. The Bertz CT molecular complexity index is 902. The number of carbonyl (C=O) groups excluding carboxylic acids is 1. The minimum atomic E-state index is -0.660. The molecule has 142 valence electrons. The van der Waals surface area contributed by atoms with Crippen molar-refractivity contribution in [2.75, 3.05) is 20.3 Å². The molecular weight excluding hydrogens is 344 g/mol. The fraction of sp³-hybridized carbons (Fsp3) is 0.286. The van der Waals surface area contributed by atoms with Crippen LogP contribution < -0.4 is 10.1 Å². The first-order valence-electron chi connectivity index (χ1n) is 8.95. The minimum absolute atomic E-state index is 0.0313. The smallest absolute Gasteiger partial charge is 0.267 e. The maximum atomic E-state index is 12.3. The van der Waals surface area contributed by atoms with Crippen molar-refractivity contribution in [1.29, 1.82) is 0 Å². The van der Waals surface area contributed by atoms with E-state index in [0.29, 0.717) is 18.5 Å². The number of carbonyl (C=O) groups is 1. The van der Waals surface area contributed by atoms with Crippen LogP contribution in [0.1, 0.15) is 23.3 Å². The lowest BCUT2D eigenvalue weighted by molar-refractivity contribution is 0.0900. The Kier molecular flexibility index (Phi) is 6.11. The van der Waals surface area contributed by atoms with Crippen molar-refractivity contribution in [3.8, 4) is 16.9 Å². The number of hydrogen-bond acceptors (Lipinski definition) is 4. The van der Waals surface area contributed by atoms with Gasteiger partial charge >= 0.3 is 0 Å². The Morgan fingerprint density at radius 2 is 1.89 bits per heavy atom. The molecule has 0 saturated heterocycles. The molecule has 0 aliphatic carbocycles. The number of aliphatic hydroxyl groups excluding tert-OH is 2. The van der Waals surface area contributed by atoms with E-state index in [1.54, 1.807) is 13.2 Å². The molecule has 1 atom stereocenters. The number of aromatic amines is 1. The van der Waals surface area contributed by atoms with Crippen molar-refractivity contribution >= 4 is 16.8 Å². The number of H-pyrrole nitrogens is 1. The average Bonchev–Trinajstić information content (AvgIpc) is 3.14. The summed E-state index contributed by atoms with van der Waals surface area (Å²) in [6, 6.07) is 15.6. The minimum Gasteiger partial charge on any atom is -0.497 e. The van der Waals surface area contributed by atoms with Crippen LogP contribution in [0.3, 0.4) is 0 Å². The van der Waals surface area contributed by atoms with Crippen LogP contribution in [-0.4, -0.2) is 47.5 Å². The zero-order valence-corrected chi connectivity index (χ0v) is 15.2. The molecule has 6 nitrogen and oxygen atoms in total. The summed E-state index contributed by atoms with van der Waals surface area (Å²) >= 11 is 0. The van der Waals surface area contributed by atoms with Crippen LogP contribution in [0.15, 0.2) is 48.5 Å². The lowest BCUT2D eigenvalue weighted by atomic mass is 10.0. The fourth-order valence-corrected chi connectivity index (χ4v) is 2.95. The molecule has 27 heavy (non-hydrogen) atoms. The largest absolute Gasteiger partial charge is 0.497 e. The van der Waals surface area contributed by atoms with Crippen LogP contribution >= 0.6 is 0 Å². The van der Waals surface area contributed by atoms with Gasteiger partial charge in [0, 0.05) is 24.1 Å². The maximum Gasteiger partial charge on any atom is 0.267 e. The Labute approximate surface area is 157 Å². The van der Waals surface area contributed by atoms with E-state index in [-0.39, 0.29) is 19.1 Å². The molecule has 0 bridgehead atoms. The molecule has 0 aliphatic heterocycles. The number of hydrogen-bond donors (Lipinski definition) is 4. The molecule has 0 saturated carbocycles. The number of benzene rings is 2. The summed E-state index contributed by atoms with van der Waals surface area (Å²) < 4.78 is 5.19. The van der Waals surface area contributed by atoms with Gasteiger partial charge in [0.1, 0.15) is 11.4 Å². The second-order valence-electron chi connectivity index (χ2n) is 6.44. The van der Waals surface area contributed by atoms with Gasteiger partial charge in [-0.1, -0.05) is 24.3 Å². The van der Waals surface area contributed by atoms with E-state index >= 15 is 0 Å². The molecule has 4 N–H and O–H groups in total. The predicted octanol–water partition coefficient (Wildman–Crippen LogP) is 2.71. The van der Waals surface area contributed by atoms with Gasteiger partial charge in [-0.05, 0) is 48.2 Å². The first-order valence-corrected chi connectivity index (χ1v) is 8.95. The number of rotatable bonds is 8. The number of aromatic nitrogens is 1. The molecule has 0 radical (unpaired) electrons. The van der Waals surface area contributed by atoms with E-state index in [0.717, 1.165) is 27.8 Å². The topological polar surface area (TPSA) is 94.6 Å². The molecule has 3 rings (SSSR count). The predicted molar refractivity (Wildman–Crippen MR) is 105 cm³/mol. The lowest BCUT2D eigenvalue weighted by Gasteiger charge is -2.10. The first kappa shape index (κ1) is 18.9. The van der Waals surface area contributed by atoms with Gasteiger partial charge in [0.2, 0.25) is 0 Å². The van der Waals surface area contributed by atoms with Crippen molar-refractivity contribution in [3.63, 3.8) is 0 Å². The second-order valence-corrected chi connectivity index (χ2v) is 6.44. The SMILES string of the molecule is COc1ccc(-c2ccc3cc(C(=O)NCC(O)CCCO)[nH]c3c2)cc1. The number of fused-ring (bicyclic) bond motifs is 1. The van der Waals surface area contributed by atoms with Crippen LogP contribution in [0.4, 0.5) is 0 Å². The van der Waals surface area contributed by atoms with Crippen molar-refractivity contribution in [3.05, 3.63) is 54.2 Å². The normalized spacial score (nSPS) is 12.1. The highest BCUT2D eigenvalue weighted by Crippen LogP contribution is 2.26. The Morgan fingerprint density at radius 3 is 2.59 bits per heavy atom. The summed E-state index contributed by atoms with van der Waals surface area (Å²) in [6.45, 7) is 0.189. The third kappa shape index (κ3) is 4.67. The van der Waals surface area contributed by atoms with E-state index in [9.17, 15) is 9.90 Å². The van der Waals surface area contributed by atoms with Gasteiger partial charge in [-0.2, -0.15) is 0 Å². The van der Waals surface area contributed by atoms with E-state index in [2.05, 4.69) is 10.3 Å². The molecule has 6 heteroatoms. The van der Waals surface area contributed by atoms with Gasteiger partial charge in [0.25, 0.3) is 5.91 Å². The van der Waals surface area contributed by atoms with Crippen LogP contribution in [0.25, 0.3) is 22.0 Å². The highest BCUT2D eigenvalue weighted by Gasteiger charge is 2.12. The Hall–Kier alpha value is -2.83. The summed E-state index contributed by atoms with van der Waals surface area (Å²) in [5, 5.41) is 22.2. The van der Waals surface area contributed by atoms with Gasteiger partial charge in [-0.15, -0.1) is 0 Å². The van der Waals surface area contributed by atoms with Crippen LogP contribution in [0.2, 0.25) is 0 Å². The van der Waals surface area contributed by atoms with Crippen LogP contribution in [-0.2, 0) is 0 Å². The van der Waals surface area contributed by atoms with E-state index in [1.165, 1.54) is 0 Å². The van der Waals surface area contributed by atoms with E-state index in [4.69, 9.17) is 9.84 Å². The fourth-order valence-electron chi connectivity index (χ4n) is 2.95. The van der Waals surface area contributed by atoms with Gasteiger partial charge in [-0.3, -0.25) is 4.79 Å². The summed E-state index contributed by atoms with van der Waals surface area (Å²) in [7, 11) is 1.64. The second kappa shape index (κ2) is 8.70. The third-order valence-corrected chi connectivity index (χ3v) is 4.48. The van der Waals surface area contributed by atoms with Crippen molar-refractivity contribution in [1.82, 2.24) is 10.3 Å². The molecule has 1 aromatic heterocycles.